The van der Waals surface area contributed by atoms with Crippen molar-refractivity contribution in [2.45, 2.75) is 45.1 Å². The Morgan fingerprint density at radius 1 is 1.20 bits per heavy atom. The predicted octanol–water partition coefficient (Wildman–Crippen LogP) is 5.46. The first-order valence-electron chi connectivity index (χ1n) is 10.9. The minimum absolute atomic E-state index is 0. The fourth-order valence-corrected chi connectivity index (χ4v) is 6.92. The molecule has 7 heteroatoms. The van der Waals surface area contributed by atoms with Gasteiger partial charge in [-0.15, -0.1) is 35.1 Å². The van der Waals surface area contributed by atoms with Crippen LogP contribution in [0.3, 0.4) is 0 Å². The molecule has 0 amide bonds. The van der Waals surface area contributed by atoms with Crippen LogP contribution in [0, 0.1) is 5.92 Å². The Balaban J connectivity index is 0.00000218. The third-order valence-electron chi connectivity index (χ3n) is 6.77. The van der Waals surface area contributed by atoms with Gasteiger partial charge < -0.3 is 15.5 Å². The van der Waals surface area contributed by atoms with E-state index in [0.717, 1.165) is 30.4 Å². The van der Waals surface area contributed by atoms with Gasteiger partial charge in [0, 0.05) is 46.3 Å². The Bertz CT molecular complexity index is 977. The molecule has 0 saturated carbocycles. The van der Waals surface area contributed by atoms with E-state index in [9.17, 15) is 0 Å². The van der Waals surface area contributed by atoms with Crippen molar-refractivity contribution in [3.63, 3.8) is 0 Å². The molecule has 4 nitrogen and oxygen atoms in total. The number of thiazole rings is 1. The van der Waals surface area contributed by atoms with Gasteiger partial charge in [0.05, 0.1) is 5.69 Å². The molecule has 1 fully saturated rings. The van der Waals surface area contributed by atoms with Crippen LogP contribution in [0.4, 0.5) is 10.8 Å². The molecule has 3 heterocycles. The molecule has 0 bridgehead atoms. The van der Waals surface area contributed by atoms with Crippen LogP contribution < -0.4 is 10.6 Å². The number of hydrogen-bond donors (Lipinski definition) is 1. The van der Waals surface area contributed by atoms with E-state index in [1.165, 1.54) is 65.2 Å². The van der Waals surface area contributed by atoms with Gasteiger partial charge in [-0.2, -0.15) is 0 Å². The number of nitrogens with zero attached hydrogens (tertiary/aromatic N) is 3. The van der Waals surface area contributed by atoms with Gasteiger partial charge in [0.25, 0.3) is 0 Å². The maximum Gasteiger partial charge on any atom is 0.180 e. The average Bonchev–Trinajstić information content (AvgIpc) is 3.37. The topological polar surface area (TPSA) is 45.4 Å². The zero-order chi connectivity index (χ0) is 19.8. The Morgan fingerprint density at radius 3 is 2.83 bits per heavy atom. The Morgan fingerprint density at radius 2 is 2.03 bits per heavy atom. The van der Waals surface area contributed by atoms with Crippen LogP contribution in [-0.4, -0.2) is 42.1 Å². The summed E-state index contributed by atoms with van der Waals surface area (Å²) in [5, 5.41) is 4.38. The van der Waals surface area contributed by atoms with Crippen molar-refractivity contribution in [1.82, 2.24) is 9.88 Å². The highest BCUT2D eigenvalue weighted by atomic mass is 35.5. The molecule has 30 heavy (non-hydrogen) atoms. The van der Waals surface area contributed by atoms with Gasteiger partial charge in [0.2, 0.25) is 0 Å². The number of thiophene rings is 1. The van der Waals surface area contributed by atoms with Crippen LogP contribution in [0.5, 0.6) is 0 Å². The highest BCUT2D eigenvalue weighted by molar-refractivity contribution is 7.17. The molecule has 2 aliphatic rings. The second-order valence-electron chi connectivity index (χ2n) is 8.45. The van der Waals surface area contributed by atoms with E-state index in [1.54, 1.807) is 11.3 Å². The zero-order valence-electron chi connectivity index (χ0n) is 17.5. The van der Waals surface area contributed by atoms with E-state index in [4.69, 9.17) is 5.73 Å². The third kappa shape index (κ3) is 4.33. The first-order valence-corrected chi connectivity index (χ1v) is 12.6. The zero-order valence-corrected chi connectivity index (χ0v) is 20.0. The fourth-order valence-electron chi connectivity index (χ4n) is 5.17. The summed E-state index contributed by atoms with van der Waals surface area (Å²) in [6.07, 6.45) is 6.04. The SMILES string of the molecule is CCN(CC1CCN(c2cccc3sccc23)CC1)[C@H]1CCc2nc(N)sc2C1.Cl. The summed E-state index contributed by atoms with van der Waals surface area (Å²) in [4.78, 5) is 11.3. The summed E-state index contributed by atoms with van der Waals surface area (Å²) in [7, 11) is 0. The number of piperidine rings is 1. The number of aromatic nitrogens is 1. The molecular weight excluding hydrogens is 432 g/mol. The lowest BCUT2D eigenvalue weighted by Crippen LogP contribution is -2.44. The second-order valence-corrected chi connectivity index (χ2v) is 10.5. The number of rotatable bonds is 5. The number of fused-ring (bicyclic) bond motifs is 2. The van der Waals surface area contributed by atoms with Crippen molar-refractivity contribution >= 4 is 56.0 Å². The molecule has 2 N–H and O–H groups in total. The van der Waals surface area contributed by atoms with Crippen molar-refractivity contribution in [1.29, 1.82) is 0 Å². The maximum absolute atomic E-state index is 5.94. The van der Waals surface area contributed by atoms with E-state index in [1.807, 2.05) is 11.3 Å². The summed E-state index contributed by atoms with van der Waals surface area (Å²) in [5.41, 5.74) is 8.63. The number of hydrogen-bond acceptors (Lipinski definition) is 6. The number of halogens is 1. The second kappa shape index (κ2) is 9.43. The monoisotopic (exact) mass is 462 g/mol. The molecule has 2 aromatic heterocycles. The first kappa shape index (κ1) is 21.9. The van der Waals surface area contributed by atoms with Gasteiger partial charge >= 0.3 is 0 Å². The smallest absolute Gasteiger partial charge is 0.180 e. The fraction of sp³-hybridized carbons (Fsp3) is 0.522. The molecule has 0 radical (unpaired) electrons. The Hall–Kier alpha value is -1.34. The molecule has 1 saturated heterocycles. The highest BCUT2D eigenvalue weighted by Crippen LogP contribution is 2.34. The lowest BCUT2D eigenvalue weighted by molar-refractivity contribution is 0.150. The van der Waals surface area contributed by atoms with Crippen molar-refractivity contribution in [2.75, 3.05) is 36.8 Å². The molecule has 1 aliphatic heterocycles. The Labute approximate surface area is 193 Å². The van der Waals surface area contributed by atoms with Crippen LogP contribution in [0.2, 0.25) is 0 Å². The van der Waals surface area contributed by atoms with Crippen LogP contribution in [-0.2, 0) is 12.8 Å². The van der Waals surface area contributed by atoms with Gasteiger partial charge in [-0.3, -0.25) is 0 Å². The maximum atomic E-state index is 5.94. The summed E-state index contributed by atoms with van der Waals surface area (Å²) < 4.78 is 1.40. The number of nitrogen functional groups attached to an aromatic ring is 1. The normalized spacial score (nSPS) is 19.8. The minimum Gasteiger partial charge on any atom is -0.375 e. The largest absolute Gasteiger partial charge is 0.375 e. The first-order chi connectivity index (χ1) is 14.2. The molecule has 5 rings (SSSR count). The lowest BCUT2D eigenvalue weighted by atomic mass is 9.92. The highest BCUT2D eigenvalue weighted by Gasteiger charge is 2.29. The van der Waals surface area contributed by atoms with Crippen LogP contribution in [0.1, 0.15) is 36.8 Å². The molecule has 1 atom stereocenters. The molecule has 162 valence electrons. The van der Waals surface area contributed by atoms with Gasteiger partial charge in [0.1, 0.15) is 0 Å². The van der Waals surface area contributed by atoms with Crippen molar-refractivity contribution in [3.05, 3.63) is 40.2 Å². The predicted molar refractivity (Wildman–Crippen MR) is 134 cm³/mol. The molecule has 1 aliphatic carbocycles. The van der Waals surface area contributed by atoms with Crippen LogP contribution in [0.25, 0.3) is 10.1 Å². The number of anilines is 2. The number of likely N-dealkylation sites (N-methyl/N-ethyl adjacent to an activating group) is 1. The van der Waals surface area contributed by atoms with E-state index >= 15 is 0 Å². The summed E-state index contributed by atoms with van der Waals surface area (Å²) in [6, 6.07) is 9.69. The van der Waals surface area contributed by atoms with Crippen LogP contribution >= 0.6 is 35.1 Å². The lowest BCUT2D eigenvalue weighted by Gasteiger charge is -2.39. The van der Waals surface area contributed by atoms with E-state index in [2.05, 4.69) is 51.4 Å². The number of benzene rings is 1. The van der Waals surface area contributed by atoms with Crippen LogP contribution in [0.15, 0.2) is 29.6 Å². The summed E-state index contributed by atoms with van der Waals surface area (Å²) in [6.45, 7) is 7.06. The Kier molecular flexibility index (Phi) is 6.88. The minimum atomic E-state index is 0. The van der Waals surface area contributed by atoms with Crippen molar-refractivity contribution in [2.24, 2.45) is 5.92 Å². The number of nitrogens with two attached hydrogens (primary N) is 1. The van der Waals surface area contributed by atoms with Gasteiger partial charge in [-0.1, -0.05) is 13.0 Å². The molecule has 1 aromatic carbocycles. The summed E-state index contributed by atoms with van der Waals surface area (Å²) in [5.74, 6) is 0.806. The molecule has 0 spiro atoms. The number of aryl methyl sites for hydroxylation is 1. The standard InChI is InChI=1S/C23H30N4S2.ClH/c1-2-26(17-6-7-19-22(14-17)29-23(24)25-19)15-16-8-11-27(12-9-16)20-4-3-5-21-18(20)10-13-28-21;/h3-5,10,13,16-17H,2,6-9,11-12,14-15H2,1H3,(H2,24,25);1H/t17-;/m0./s1. The van der Waals surface area contributed by atoms with E-state index in [0.29, 0.717) is 6.04 Å². The van der Waals surface area contributed by atoms with Crippen molar-refractivity contribution in [3.8, 4) is 0 Å². The molecule has 0 unspecified atom stereocenters. The summed E-state index contributed by atoms with van der Waals surface area (Å²) >= 11 is 3.55. The van der Waals surface area contributed by atoms with Gasteiger partial charge in [-0.25, -0.2) is 4.98 Å². The quantitative estimate of drug-likeness (QED) is 0.547. The average molecular weight is 463 g/mol. The molecule has 3 aromatic rings. The third-order valence-corrected chi connectivity index (χ3v) is 8.60. The van der Waals surface area contributed by atoms with Gasteiger partial charge in [0.15, 0.2) is 5.13 Å². The van der Waals surface area contributed by atoms with Gasteiger partial charge in [-0.05, 0) is 68.1 Å². The van der Waals surface area contributed by atoms with E-state index in [-0.39, 0.29) is 12.4 Å². The molecular formula is C23H31ClN4S2. The van der Waals surface area contributed by atoms with E-state index < -0.39 is 0 Å². The van der Waals surface area contributed by atoms with Crippen molar-refractivity contribution < 1.29 is 0 Å².